The van der Waals surface area contributed by atoms with Crippen LogP contribution in [0.25, 0.3) is 0 Å². The first-order valence-corrected chi connectivity index (χ1v) is 11.0. The van der Waals surface area contributed by atoms with E-state index >= 15 is 0 Å². The van der Waals surface area contributed by atoms with Crippen molar-refractivity contribution in [1.82, 2.24) is 4.31 Å². The number of nitrogens with zero attached hydrogens (tertiary/aromatic N) is 1. The molecule has 0 unspecified atom stereocenters. The van der Waals surface area contributed by atoms with Crippen LogP contribution in [0, 0.1) is 17.3 Å². The Bertz CT molecular complexity index is 979. The molecule has 1 spiro atoms. The Kier molecular flexibility index (Phi) is 5.59. The van der Waals surface area contributed by atoms with Crippen LogP contribution in [0.15, 0.2) is 12.1 Å². The Morgan fingerprint density at radius 3 is 2.36 bits per heavy atom. The highest BCUT2D eigenvalue weighted by Crippen LogP contribution is 2.48. The number of benzene rings is 1. The first-order chi connectivity index (χ1) is 13.2. The zero-order valence-electron chi connectivity index (χ0n) is 16.0. The third-order valence-corrected chi connectivity index (χ3v) is 7.48. The van der Waals surface area contributed by atoms with Gasteiger partial charge in [-0.1, -0.05) is 17.5 Å². The molecule has 0 N–H and O–H groups in total. The normalized spacial score (nSPS) is 19.9. The Hall–Kier alpha value is -1.88. The summed E-state index contributed by atoms with van der Waals surface area (Å²) >= 11 is 6.39. The van der Waals surface area contributed by atoms with E-state index in [1.165, 1.54) is 11.4 Å². The molecule has 1 aliphatic carbocycles. The van der Waals surface area contributed by atoms with Gasteiger partial charge in [0.05, 0.1) is 12.9 Å². The topological polar surface area (TPSA) is 80.8 Å². The van der Waals surface area contributed by atoms with E-state index in [1.54, 1.807) is 26.0 Å². The van der Waals surface area contributed by atoms with Crippen LogP contribution >= 0.6 is 11.6 Å². The zero-order chi connectivity index (χ0) is 20.7. The van der Waals surface area contributed by atoms with Gasteiger partial charge in [-0.2, -0.15) is 0 Å². The average Bonchev–Trinajstić information content (AvgIpc) is 2.60. The summed E-state index contributed by atoms with van der Waals surface area (Å²) in [7, 11) is -1.85. The van der Waals surface area contributed by atoms with Crippen molar-refractivity contribution in [2.24, 2.45) is 5.41 Å². The highest BCUT2D eigenvalue weighted by atomic mass is 35.5. The van der Waals surface area contributed by atoms with Gasteiger partial charge < -0.3 is 4.74 Å². The van der Waals surface area contributed by atoms with Crippen LogP contribution in [0.1, 0.15) is 43.7 Å². The molecule has 1 saturated carbocycles. The number of halogens is 1. The number of rotatable bonds is 4. The highest BCUT2D eigenvalue weighted by Gasteiger charge is 2.55. The molecule has 2 fully saturated rings. The molecule has 1 aromatic rings. The number of sulfonamides is 1. The van der Waals surface area contributed by atoms with Gasteiger partial charge in [-0.3, -0.25) is 9.59 Å². The summed E-state index contributed by atoms with van der Waals surface area (Å²) in [6.45, 7) is 3.70. The first kappa shape index (κ1) is 20.8. The molecule has 6 nitrogen and oxygen atoms in total. The van der Waals surface area contributed by atoms with Crippen molar-refractivity contribution in [2.45, 2.75) is 32.6 Å². The Morgan fingerprint density at radius 2 is 1.86 bits per heavy atom. The van der Waals surface area contributed by atoms with E-state index in [2.05, 4.69) is 11.8 Å². The maximum atomic E-state index is 12.9. The minimum Gasteiger partial charge on any atom is -0.496 e. The molecule has 0 bridgehead atoms. The molecule has 1 saturated heterocycles. The quantitative estimate of drug-likeness (QED) is 0.548. The van der Waals surface area contributed by atoms with Crippen LogP contribution in [-0.4, -0.2) is 50.2 Å². The molecule has 1 aromatic carbocycles. The monoisotopic (exact) mass is 423 g/mol. The number of methoxy groups -OCH3 is 1. The van der Waals surface area contributed by atoms with Crippen LogP contribution < -0.4 is 4.74 Å². The lowest BCUT2D eigenvalue weighted by molar-refractivity contribution is -0.140. The number of hydrogen-bond donors (Lipinski definition) is 0. The van der Waals surface area contributed by atoms with Crippen LogP contribution in [0.3, 0.4) is 0 Å². The smallest absolute Gasteiger partial charge is 0.213 e. The second kappa shape index (κ2) is 7.51. The fourth-order valence-electron chi connectivity index (χ4n) is 4.07. The fourth-order valence-corrected chi connectivity index (χ4v) is 5.70. The first-order valence-electron chi connectivity index (χ1n) is 9.00. The van der Waals surface area contributed by atoms with E-state index in [-0.39, 0.29) is 48.3 Å². The molecule has 0 radical (unpaired) electrons. The highest BCUT2D eigenvalue weighted by molar-refractivity contribution is 7.89. The van der Waals surface area contributed by atoms with Crippen molar-refractivity contribution >= 4 is 33.2 Å². The van der Waals surface area contributed by atoms with Crippen molar-refractivity contribution in [1.29, 1.82) is 0 Å². The molecule has 8 heteroatoms. The van der Waals surface area contributed by atoms with Crippen LogP contribution in [-0.2, 0) is 19.6 Å². The average molecular weight is 424 g/mol. The largest absolute Gasteiger partial charge is 0.496 e. The Labute approximate surface area is 170 Å². The van der Waals surface area contributed by atoms with Gasteiger partial charge in [0.1, 0.15) is 23.2 Å². The molecule has 1 aliphatic heterocycles. The fraction of sp³-hybridized carbons (Fsp3) is 0.500. The second-order valence-electron chi connectivity index (χ2n) is 7.34. The third-order valence-electron chi connectivity index (χ3n) is 5.39. The molecule has 3 rings (SSSR count). The number of ether oxygens (including phenoxy) is 1. The Balaban J connectivity index is 1.88. The van der Waals surface area contributed by atoms with Gasteiger partial charge in [0.2, 0.25) is 10.0 Å². The molecule has 150 valence electrons. The standard InChI is InChI=1S/C20H22ClNO5S/c1-4-6-13-7-14(21)18(17(8-13)27-3)19-15(23)9-20(10-16(19)24)11-22(12-20)28(25,26)5-2/h7-8,19H,5,9-12H2,1-3H3. The van der Waals surface area contributed by atoms with Crippen LogP contribution in [0.2, 0.25) is 5.02 Å². The summed E-state index contributed by atoms with van der Waals surface area (Å²) in [4.78, 5) is 25.9. The van der Waals surface area contributed by atoms with Crippen molar-refractivity contribution in [2.75, 3.05) is 26.0 Å². The lowest BCUT2D eigenvalue weighted by Crippen LogP contribution is -2.62. The van der Waals surface area contributed by atoms with E-state index in [0.717, 1.165) is 0 Å². The summed E-state index contributed by atoms with van der Waals surface area (Å²) < 4.78 is 30.7. The lowest BCUT2D eigenvalue weighted by atomic mass is 9.64. The van der Waals surface area contributed by atoms with Crippen molar-refractivity contribution in [3.63, 3.8) is 0 Å². The maximum absolute atomic E-state index is 12.9. The van der Waals surface area contributed by atoms with Gasteiger partial charge in [0.25, 0.3) is 0 Å². The number of carbonyl (C=O) groups excluding carboxylic acids is 2. The summed E-state index contributed by atoms with van der Waals surface area (Å²) in [5, 5.41) is 0.267. The maximum Gasteiger partial charge on any atom is 0.213 e. The van der Waals surface area contributed by atoms with Crippen molar-refractivity contribution in [3.8, 4) is 17.6 Å². The van der Waals surface area contributed by atoms with E-state index < -0.39 is 21.4 Å². The lowest BCUT2D eigenvalue weighted by Gasteiger charge is -2.51. The number of carbonyl (C=O) groups is 2. The van der Waals surface area contributed by atoms with E-state index in [9.17, 15) is 18.0 Å². The minimum absolute atomic E-state index is 0.00735. The van der Waals surface area contributed by atoms with E-state index in [4.69, 9.17) is 16.3 Å². The molecular weight excluding hydrogens is 402 g/mol. The number of hydrogen-bond acceptors (Lipinski definition) is 5. The van der Waals surface area contributed by atoms with Crippen molar-refractivity contribution in [3.05, 3.63) is 28.3 Å². The van der Waals surface area contributed by atoms with Crippen LogP contribution in [0.5, 0.6) is 5.75 Å². The summed E-state index contributed by atoms with van der Waals surface area (Å²) in [6, 6.07) is 3.29. The SMILES string of the molecule is CC#Cc1cc(Cl)c(C2C(=O)CC3(CC2=O)CN(S(=O)(=O)CC)C3)c(OC)c1. The minimum atomic E-state index is -3.31. The van der Waals surface area contributed by atoms with Gasteiger partial charge in [-0.25, -0.2) is 12.7 Å². The zero-order valence-corrected chi connectivity index (χ0v) is 17.6. The van der Waals surface area contributed by atoms with Gasteiger partial charge in [0, 0.05) is 47.5 Å². The van der Waals surface area contributed by atoms with Gasteiger partial charge in [-0.05, 0) is 26.0 Å². The molecule has 0 atom stereocenters. The number of ketones is 2. The predicted octanol–water partition coefficient (Wildman–Crippen LogP) is 2.39. The van der Waals surface area contributed by atoms with Gasteiger partial charge >= 0.3 is 0 Å². The van der Waals surface area contributed by atoms with Gasteiger partial charge in [-0.15, -0.1) is 5.92 Å². The van der Waals surface area contributed by atoms with Gasteiger partial charge in [0.15, 0.2) is 0 Å². The molecular formula is C20H22ClNO5S. The summed E-state index contributed by atoms with van der Waals surface area (Å²) in [6.07, 6.45) is 0.296. The molecule has 1 heterocycles. The predicted molar refractivity (Wildman–Crippen MR) is 106 cm³/mol. The van der Waals surface area contributed by atoms with E-state index in [0.29, 0.717) is 16.9 Å². The molecule has 28 heavy (non-hydrogen) atoms. The third kappa shape index (κ3) is 3.57. The summed E-state index contributed by atoms with van der Waals surface area (Å²) in [5.74, 6) is 4.53. The van der Waals surface area contributed by atoms with E-state index in [1.807, 2.05) is 0 Å². The summed E-state index contributed by atoms with van der Waals surface area (Å²) in [5.41, 5.74) is 0.410. The molecule has 0 aromatic heterocycles. The molecule has 2 aliphatic rings. The van der Waals surface area contributed by atoms with Crippen molar-refractivity contribution < 1.29 is 22.7 Å². The Morgan fingerprint density at radius 1 is 1.25 bits per heavy atom. The second-order valence-corrected chi connectivity index (χ2v) is 10.0. The van der Waals surface area contributed by atoms with Crippen LogP contribution in [0.4, 0.5) is 0 Å². The molecule has 0 amide bonds. The number of Topliss-reactive ketones (excluding diaryl/α,β-unsaturated/α-hetero) is 2.